The lowest BCUT2D eigenvalue weighted by atomic mass is 10.1. The summed E-state index contributed by atoms with van der Waals surface area (Å²) in [5.74, 6) is 1.13. The first-order valence-corrected chi connectivity index (χ1v) is 9.62. The molecule has 8 nitrogen and oxygen atoms in total. The Morgan fingerprint density at radius 1 is 1.26 bits per heavy atom. The summed E-state index contributed by atoms with van der Waals surface area (Å²) in [5.41, 5.74) is 5.96. The van der Waals surface area contributed by atoms with Gasteiger partial charge in [-0.25, -0.2) is 15.1 Å². The van der Waals surface area contributed by atoms with Crippen LogP contribution in [-0.2, 0) is 0 Å². The summed E-state index contributed by atoms with van der Waals surface area (Å²) < 4.78 is 12.4. The molecule has 2 aromatic carbocycles. The fourth-order valence-electron chi connectivity index (χ4n) is 2.97. The van der Waals surface area contributed by atoms with Gasteiger partial charge < -0.3 is 9.15 Å². The monoisotopic (exact) mass is 432 g/mol. The van der Waals surface area contributed by atoms with Crippen molar-refractivity contribution >= 4 is 23.7 Å². The number of nitrogens with one attached hydrogen (secondary N) is 1. The number of methoxy groups -OCH3 is 1. The number of rotatable bonds is 6. The molecule has 2 heterocycles. The number of ether oxygens (including phenoxy) is 1. The van der Waals surface area contributed by atoms with Gasteiger partial charge in [-0.15, -0.1) is 0 Å². The second kappa shape index (κ2) is 8.73. The van der Waals surface area contributed by atoms with Crippen molar-refractivity contribution in [1.82, 2.24) is 14.8 Å². The normalized spacial score (nSPS) is 10.9. The van der Waals surface area contributed by atoms with E-state index in [9.17, 15) is 0 Å². The van der Waals surface area contributed by atoms with Crippen LogP contribution in [0.15, 0.2) is 64.2 Å². The van der Waals surface area contributed by atoms with Crippen LogP contribution in [0.3, 0.4) is 0 Å². The predicted molar refractivity (Wildman–Crippen MR) is 118 cm³/mol. The van der Waals surface area contributed by atoms with Gasteiger partial charge in [0.1, 0.15) is 17.5 Å². The first kappa shape index (κ1) is 20.2. The minimum Gasteiger partial charge on any atom is -0.495 e. The van der Waals surface area contributed by atoms with Crippen molar-refractivity contribution in [2.45, 2.75) is 6.92 Å². The summed E-state index contributed by atoms with van der Waals surface area (Å²) >= 11 is 6.32. The van der Waals surface area contributed by atoms with Gasteiger partial charge in [0.2, 0.25) is 5.69 Å². The number of anilines is 1. The van der Waals surface area contributed by atoms with E-state index in [2.05, 4.69) is 15.5 Å². The Labute approximate surface area is 183 Å². The molecule has 0 atom stereocenters. The van der Waals surface area contributed by atoms with Gasteiger partial charge in [0.05, 0.1) is 24.0 Å². The number of halogens is 1. The smallest absolute Gasteiger partial charge is 0.252 e. The number of oxazole rings is 1. The van der Waals surface area contributed by atoms with Crippen LogP contribution in [-0.4, -0.2) is 28.1 Å². The van der Waals surface area contributed by atoms with E-state index >= 15 is 0 Å². The van der Waals surface area contributed by atoms with Crippen LogP contribution >= 0.6 is 11.6 Å². The molecule has 4 rings (SSSR count). The van der Waals surface area contributed by atoms with Crippen molar-refractivity contribution in [2.75, 3.05) is 12.5 Å². The average Bonchev–Trinajstić information content (AvgIpc) is 3.37. The highest BCUT2D eigenvalue weighted by molar-refractivity contribution is 6.32. The van der Waals surface area contributed by atoms with E-state index in [0.29, 0.717) is 22.4 Å². The average molecular weight is 433 g/mol. The van der Waals surface area contributed by atoms with Gasteiger partial charge in [-0.3, -0.25) is 0 Å². The SMILES string of the molecule is COc1ccc(-c2nn(-c3ccccc3)cc2/C=N/Nc2oc(C)nc2C#N)cc1Cl. The Kier molecular flexibility index (Phi) is 5.69. The van der Waals surface area contributed by atoms with E-state index in [1.807, 2.05) is 48.7 Å². The topological polar surface area (TPSA) is 101 Å². The summed E-state index contributed by atoms with van der Waals surface area (Å²) in [7, 11) is 1.56. The van der Waals surface area contributed by atoms with Crippen LogP contribution in [0.1, 0.15) is 17.1 Å². The zero-order valence-corrected chi connectivity index (χ0v) is 17.5. The van der Waals surface area contributed by atoms with Gasteiger partial charge in [-0.1, -0.05) is 29.8 Å². The van der Waals surface area contributed by atoms with Crippen LogP contribution in [0.2, 0.25) is 5.02 Å². The predicted octanol–water partition coefficient (Wildman–Crippen LogP) is 4.82. The highest BCUT2D eigenvalue weighted by Gasteiger charge is 2.14. The summed E-state index contributed by atoms with van der Waals surface area (Å²) in [6, 6.07) is 17.1. The molecule has 0 spiro atoms. The maximum Gasteiger partial charge on any atom is 0.252 e. The zero-order chi connectivity index (χ0) is 21.8. The molecular weight excluding hydrogens is 416 g/mol. The summed E-state index contributed by atoms with van der Waals surface area (Å²) in [4.78, 5) is 3.98. The molecule has 2 aromatic heterocycles. The number of nitriles is 1. The maximum atomic E-state index is 9.14. The van der Waals surface area contributed by atoms with Crippen LogP contribution in [0, 0.1) is 18.3 Å². The molecule has 0 bridgehead atoms. The number of aromatic nitrogens is 3. The summed E-state index contributed by atoms with van der Waals surface area (Å²) in [6.45, 7) is 1.66. The number of hydrazone groups is 1. The van der Waals surface area contributed by atoms with Crippen molar-refractivity contribution in [3.05, 3.63) is 76.9 Å². The fraction of sp³-hybridized carbons (Fsp3) is 0.0909. The van der Waals surface area contributed by atoms with Crippen LogP contribution in [0.5, 0.6) is 5.75 Å². The van der Waals surface area contributed by atoms with Gasteiger partial charge >= 0.3 is 0 Å². The molecule has 0 saturated heterocycles. The molecule has 0 aliphatic rings. The highest BCUT2D eigenvalue weighted by atomic mass is 35.5. The second-order valence-electron chi connectivity index (χ2n) is 6.45. The van der Waals surface area contributed by atoms with Crippen molar-refractivity contribution in [2.24, 2.45) is 5.10 Å². The van der Waals surface area contributed by atoms with Gasteiger partial charge in [0.15, 0.2) is 5.89 Å². The number of nitrogens with zero attached hydrogens (tertiary/aromatic N) is 5. The fourth-order valence-corrected chi connectivity index (χ4v) is 3.23. The Morgan fingerprint density at radius 3 is 2.77 bits per heavy atom. The Bertz CT molecular complexity index is 1290. The third-order valence-electron chi connectivity index (χ3n) is 4.40. The molecule has 0 saturated carbocycles. The standard InChI is InChI=1S/C22H17ClN6O2/c1-14-26-19(11-24)22(31-14)27-25-12-16-13-29(17-6-4-3-5-7-17)28-21(16)15-8-9-20(30-2)18(23)10-15/h3-10,12-13,27H,1-2H3/b25-12+. The number of benzene rings is 2. The third kappa shape index (κ3) is 4.27. The van der Waals surface area contributed by atoms with E-state index in [-0.39, 0.29) is 11.6 Å². The van der Waals surface area contributed by atoms with E-state index in [0.717, 1.165) is 16.8 Å². The first-order valence-electron chi connectivity index (χ1n) is 9.24. The number of hydrogen-bond acceptors (Lipinski definition) is 7. The molecular formula is C22H17ClN6O2. The van der Waals surface area contributed by atoms with E-state index in [4.69, 9.17) is 31.1 Å². The molecule has 31 heavy (non-hydrogen) atoms. The second-order valence-corrected chi connectivity index (χ2v) is 6.86. The highest BCUT2D eigenvalue weighted by Crippen LogP contribution is 2.31. The van der Waals surface area contributed by atoms with Crippen LogP contribution in [0.25, 0.3) is 16.9 Å². The molecule has 0 aliphatic heterocycles. The molecule has 1 N–H and O–H groups in total. The third-order valence-corrected chi connectivity index (χ3v) is 4.69. The lowest BCUT2D eigenvalue weighted by molar-refractivity contribution is 0.415. The molecule has 0 fully saturated rings. The van der Waals surface area contributed by atoms with E-state index < -0.39 is 0 Å². The van der Waals surface area contributed by atoms with E-state index in [1.165, 1.54) is 0 Å². The number of hydrogen-bond donors (Lipinski definition) is 1. The van der Waals surface area contributed by atoms with Gasteiger partial charge in [-0.2, -0.15) is 15.5 Å². The van der Waals surface area contributed by atoms with Crippen LogP contribution in [0.4, 0.5) is 5.88 Å². The Morgan fingerprint density at radius 2 is 2.06 bits per heavy atom. The minimum atomic E-state index is 0.136. The van der Waals surface area contributed by atoms with Crippen molar-refractivity contribution < 1.29 is 9.15 Å². The molecule has 154 valence electrons. The van der Waals surface area contributed by atoms with Crippen LogP contribution < -0.4 is 10.2 Å². The quantitative estimate of drug-likeness (QED) is 0.346. The minimum absolute atomic E-state index is 0.136. The first-order chi connectivity index (χ1) is 15.1. The Hall–Kier alpha value is -4.09. The molecule has 0 aliphatic carbocycles. The molecule has 0 radical (unpaired) electrons. The lowest BCUT2D eigenvalue weighted by Gasteiger charge is -2.05. The number of aryl methyl sites for hydroxylation is 1. The molecule has 4 aromatic rings. The number of para-hydroxylation sites is 1. The summed E-state index contributed by atoms with van der Waals surface area (Å²) in [5, 5.41) is 18.5. The summed E-state index contributed by atoms with van der Waals surface area (Å²) in [6.07, 6.45) is 3.45. The van der Waals surface area contributed by atoms with Crippen molar-refractivity contribution in [1.29, 1.82) is 5.26 Å². The van der Waals surface area contributed by atoms with Gasteiger partial charge in [-0.05, 0) is 30.3 Å². The van der Waals surface area contributed by atoms with Crippen molar-refractivity contribution in [3.8, 4) is 28.8 Å². The molecule has 0 unspecified atom stereocenters. The molecule has 9 heteroatoms. The Balaban J connectivity index is 1.72. The lowest BCUT2D eigenvalue weighted by Crippen LogP contribution is -1.94. The van der Waals surface area contributed by atoms with Gasteiger partial charge in [0.25, 0.3) is 5.88 Å². The molecule has 0 amide bonds. The maximum absolute atomic E-state index is 9.14. The van der Waals surface area contributed by atoms with E-state index in [1.54, 1.807) is 37.1 Å². The zero-order valence-electron chi connectivity index (χ0n) is 16.7. The van der Waals surface area contributed by atoms with Gasteiger partial charge in [0, 0.05) is 24.2 Å². The van der Waals surface area contributed by atoms with Crippen molar-refractivity contribution in [3.63, 3.8) is 0 Å². The largest absolute Gasteiger partial charge is 0.495 e.